The maximum Gasteiger partial charge on any atom is 0.469 e. The van der Waals surface area contributed by atoms with Crippen LogP contribution in [0.1, 0.15) is 5.56 Å². The highest BCUT2D eigenvalue weighted by molar-refractivity contribution is 6.49. The van der Waals surface area contributed by atoms with Crippen molar-refractivity contribution in [1.29, 1.82) is 0 Å². The summed E-state index contributed by atoms with van der Waals surface area (Å²) < 4.78 is 17.8. The Morgan fingerprint density at radius 2 is 2.13 bits per heavy atom. The van der Waals surface area contributed by atoms with Gasteiger partial charge in [0.25, 0.3) is 0 Å². The zero-order valence-corrected chi connectivity index (χ0v) is 14.1. The summed E-state index contributed by atoms with van der Waals surface area (Å²) in [7, 11) is 3.95. The van der Waals surface area contributed by atoms with E-state index < -0.39 is 0 Å². The van der Waals surface area contributed by atoms with E-state index in [1.54, 1.807) is 0 Å². The van der Waals surface area contributed by atoms with E-state index >= 15 is 0 Å². The van der Waals surface area contributed by atoms with E-state index in [9.17, 15) is 0 Å². The number of aryl methyl sites for hydroxylation is 1. The van der Waals surface area contributed by atoms with Gasteiger partial charge < -0.3 is 18.9 Å². The molecule has 0 radical (unpaired) electrons. The summed E-state index contributed by atoms with van der Waals surface area (Å²) in [6.07, 6.45) is 6.39. The Hall–Kier alpha value is -1.56. The van der Waals surface area contributed by atoms with Gasteiger partial charge in [-0.05, 0) is 32.6 Å². The van der Waals surface area contributed by atoms with Crippen LogP contribution < -0.4 is 4.74 Å². The van der Waals surface area contributed by atoms with Gasteiger partial charge in [0.15, 0.2) is 0 Å². The summed E-state index contributed by atoms with van der Waals surface area (Å²) >= 11 is 0. The molecule has 2 aliphatic rings. The maximum absolute atomic E-state index is 6.06. The molecule has 0 spiro atoms. The fourth-order valence-electron chi connectivity index (χ4n) is 2.97. The van der Waals surface area contributed by atoms with Crippen LogP contribution in [-0.2, 0) is 9.31 Å². The molecule has 1 fully saturated rings. The van der Waals surface area contributed by atoms with Crippen molar-refractivity contribution < 1.29 is 14.0 Å². The van der Waals surface area contributed by atoms with Crippen molar-refractivity contribution in [2.75, 3.05) is 33.9 Å². The summed E-state index contributed by atoms with van der Waals surface area (Å²) in [6, 6.07) is 8.03. The van der Waals surface area contributed by atoms with Crippen LogP contribution in [0.4, 0.5) is 0 Å². The summed E-state index contributed by atoms with van der Waals surface area (Å²) in [6.45, 7) is 4.07. The fourth-order valence-corrected chi connectivity index (χ4v) is 2.97. The number of allylic oxidation sites excluding steroid dienone is 3. The lowest BCUT2D eigenvalue weighted by atomic mass is 9.69. The zero-order chi connectivity index (χ0) is 16.2. The number of nitrogens with zero attached hydrogens (tertiary/aromatic N) is 1. The molecule has 0 saturated carbocycles. The molecule has 5 heteroatoms. The summed E-state index contributed by atoms with van der Waals surface area (Å²) in [5.41, 5.74) is 2.47. The van der Waals surface area contributed by atoms with Crippen molar-refractivity contribution in [2.24, 2.45) is 0 Å². The molecule has 1 aromatic rings. The monoisotopic (exact) mass is 313 g/mol. The molecule has 0 aromatic heterocycles. The lowest BCUT2D eigenvalue weighted by Crippen LogP contribution is -2.28. The van der Waals surface area contributed by atoms with Crippen LogP contribution in [0.25, 0.3) is 0 Å². The van der Waals surface area contributed by atoms with Gasteiger partial charge in [0.1, 0.15) is 12.4 Å². The number of likely N-dealkylation sites (N-methyl/N-ethyl adjacent to an activating group) is 1. The van der Waals surface area contributed by atoms with Crippen LogP contribution in [0.15, 0.2) is 48.1 Å². The molecule has 2 atom stereocenters. The number of benzene rings is 1. The molecule has 0 bridgehead atoms. The highest BCUT2D eigenvalue weighted by atomic mass is 16.7. The van der Waals surface area contributed by atoms with Crippen molar-refractivity contribution in [3.8, 4) is 5.75 Å². The van der Waals surface area contributed by atoms with Gasteiger partial charge >= 0.3 is 7.12 Å². The molecule has 1 aliphatic heterocycles. The number of rotatable bonds is 6. The average Bonchev–Trinajstić information content (AvgIpc) is 3.14. The minimum Gasteiger partial charge on any atom is -0.491 e. The minimum absolute atomic E-state index is 0.0192. The Balaban J connectivity index is 1.52. The van der Waals surface area contributed by atoms with Gasteiger partial charge in [0.2, 0.25) is 0 Å². The van der Waals surface area contributed by atoms with Crippen LogP contribution >= 0.6 is 0 Å². The molecule has 1 unspecified atom stereocenters. The Kier molecular flexibility index (Phi) is 5.21. The van der Waals surface area contributed by atoms with Crippen LogP contribution in [-0.4, -0.2) is 52.0 Å². The predicted octanol–water partition coefficient (Wildman–Crippen LogP) is 2.71. The third-order valence-corrected chi connectivity index (χ3v) is 4.14. The number of ether oxygens (including phenoxy) is 1. The molecule has 3 rings (SSSR count). The first-order valence-electron chi connectivity index (χ1n) is 8.11. The van der Waals surface area contributed by atoms with Gasteiger partial charge in [0.05, 0.1) is 12.7 Å². The molecule has 23 heavy (non-hydrogen) atoms. The second kappa shape index (κ2) is 7.34. The Bertz CT molecular complexity index is 600. The van der Waals surface area contributed by atoms with Gasteiger partial charge in [-0.1, -0.05) is 42.0 Å². The number of hydrogen-bond acceptors (Lipinski definition) is 4. The summed E-state index contributed by atoms with van der Waals surface area (Å²) in [5, 5.41) is 0. The first-order valence-corrected chi connectivity index (χ1v) is 8.11. The van der Waals surface area contributed by atoms with Crippen molar-refractivity contribution >= 4 is 7.12 Å². The molecule has 122 valence electrons. The van der Waals surface area contributed by atoms with Crippen LogP contribution in [0.2, 0.25) is 5.82 Å². The highest BCUT2D eigenvalue weighted by Gasteiger charge is 2.40. The topological polar surface area (TPSA) is 30.9 Å². The highest BCUT2D eigenvalue weighted by Crippen LogP contribution is 2.32. The van der Waals surface area contributed by atoms with Gasteiger partial charge in [-0.15, -0.1) is 0 Å². The zero-order valence-electron chi connectivity index (χ0n) is 14.1. The van der Waals surface area contributed by atoms with Crippen molar-refractivity contribution in [1.82, 2.24) is 4.90 Å². The largest absolute Gasteiger partial charge is 0.491 e. The second-order valence-corrected chi connectivity index (χ2v) is 6.43. The Labute approximate surface area is 138 Å². The van der Waals surface area contributed by atoms with E-state index in [1.165, 1.54) is 5.57 Å². The minimum atomic E-state index is -0.203. The van der Waals surface area contributed by atoms with E-state index in [0.29, 0.717) is 13.2 Å². The number of hydrogen-bond donors (Lipinski definition) is 0. The Morgan fingerprint density at radius 1 is 1.30 bits per heavy atom. The lowest BCUT2D eigenvalue weighted by molar-refractivity contribution is 0.146. The molecular formula is C18H24BNO3. The molecule has 0 amide bonds. The maximum atomic E-state index is 6.06. The average molecular weight is 313 g/mol. The van der Waals surface area contributed by atoms with Crippen molar-refractivity contribution in [3.63, 3.8) is 0 Å². The van der Waals surface area contributed by atoms with E-state index in [4.69, 9.17) is 14.0 Å². The molecule has 1 heterocycles. The van der Waals surface area contributed by atoms with Gasteiger partial charge in [-0.25, -0.2) is 0 Å². The SMILES string of the molecule is Cc1ccccc1OC[C@@H]1COB(C2C=CC=C2CN(C)C)O1. The third-order valence-electron chi connectivity index (χ3n) is 4.14. The predicted molar refractivity (Wildman–Crippen MR) is 92.8 cm³/mol. The van der Waals surface area contributed by atoms with Crippen molar-refractivity contribution in [3.05, 3.63) is 53.6 Å². The van der Waals surface area contributed by atoms with Crippen LogP contribution in [0, 0.1) is 6.92 Å². The van der Waals surface area contributed by atoms with E-state index in [1.807, 2.05) is 31.2 Å². The van der Waals surface area contributed by atoms with Gasteiger partial charge in [0, 0.05) is 12.4 Å². The fraction of sp³-hybridized carbons (Fsp3) is 0.444. The molecular weight excluding hydrogens is 289 g/mol. The standard InChI is InChI=1S/C18H24BNO3/c1-14-7-4-5-10-18(14)21-12-16-13-22-19(23-16)17-9-6-8-15(17)11-20(2)3/h4-10,16-17H,11-13H2,1-3H3/t16-,17?/m1/s1. The normalized spacial score (nSPS) is 23.7. The number of para-hydroxylation sites is 1. The smallest absolute Gasteiger partial charge is 0.469 e. The van der Waals surface area contributed by atoms with E-state index in [0.717, 1.165) is 17.9 Å². The van der Waals surface area contributed by atoms with Gasteiger partial charge in [-0.2, -0.15) is 0 Å². The first kappa shape index (κ1) is 16.3. The Morgan fingerprint density at radius 3 is 2.91 bits per heavy atom. The summed E-state index contributed by atoms with van der Waals surface area (Å²) in [5.74, 6) is 1.12. The first-order chi connectivity index (χ1) is 11.1. The quantitative estimate of drug-likeness (QED) is 0.756. The van der Waals surface area contributed by atoms with Crippen molar-refractivity contribution in [2.45, 2.75) is 18.8 Å². The molecule has 1 aliphatic carbocycles. The summed E-state index contributed by atoms with van der Waals surface area (Å²) in [4.78, 5) is 2.17. The molecule has 1 aromatic carbocycles. The second-order valence-electron chi connectivity index (χ2n) is 6.43. The van der Waals surface area contributed by atoms with E-state index in [2.05, 4.69) is 37.2 Å². The lowest BCUT2D eigenvalue weighted by Gasteiger charge is -2.19. The van der Waals surface area contributed by atoms with Crippen LogP contribution in [0.3, 0.4) is 0 Å². The molecule has 4 nitrogen and oxygen atoms in total. The third kappa shape index (κ3) is 4.05. The van der Waals surface area contributed by atoms with E-state index in [-0.39, 0.29) is 19.0 Å². The van der Waals surface area contributed by atoms with Crippen LogP contribution in [0.5, 0.6) is 5.75 Å². The molecule has 0 N–H and O–H groups in total. The molecule has 1 saturated heterocycles. The van der Waals surface area contributed by atoms with Gasteiger partial charge in [-0.3, -0.25) is 0 Å².